The van der Waals surface area contributed by atoms with Crippen LogP contribution in [0.1, 0.15) is 99.1 Å². The summed E-state index contributed by atoms with van der Waals surface area (Å²) in [5.74, 6) is 1.19. The molecule has 8 heteroatoms. The van der Waals surface area contributed by atoms with Crippen molar-refractivity contribution in [1.29, 1.82) is 0 Å². The smallest absolute Gasteiger partial charge is 0.394 e. The molecule has 2 aromatic heterocycles. The van der Waals surface area contributed by atoms with Crippen molar-refractivity contribution in [2.75, 3.05) is 0 Å². The zero-order valence-corrected chi connectivity index (χ0v) is 34.8. The third-order valence-corrected chi connectivity index (χ3v) is 10.0. The number of aromatic nitrogens is 1. The Balaban J connectivity index is 0.000000403. The number of aliphatic hydroxyl groups excluding tert-OH is 1. The minimum Gasteiger partial charge on any atom is -0.512 e. The maximum atomic E-state index is 13.3. The zero-order chi connectivity index (χ0) is 38.4. The first-order valence-electron chi connectivity index (χ1n) is 18.4. The topological polar surface area (TPSA) is 63.3 Å². The molecule has 0 spiro atoms. The molecule has 4 nitrogen and oxygen atoms in total. The first-order valence-corrected chi connectivity index (χ1v) is 18.4. The van der Waals surface area contributed by atoms with Gasteiger partial charge in [0.2, 0.25) is 0 Å². The number of fused-ring (bicyclic) bond motifs is 2. The molecule has 0 saturated heterocycles. The summed E-state index contributed by atoms with van der Waals surface area (Å²) in [7, 11) is 0. The molecule has 5 aromatic rings. The first-order chi connectivity index (χ1) is 24.4. The van der Waals surface area contributed by atoms with Crippen LogP contribution in [0.2, 0.25) is 0 Å². The third kappa shape index (κ3) is 10.5. The number of carbonyl (C=O) groups is 1. The summed E-state index contributed by atoms with van der Waals surface area (Å²) in [6.07, 6.45) is 2.32. The molecule has 0 amide bonds. The summed E-state index contributed by atoms with van der Waals surface area (Å²) in [5, 5.41) is 12.9. The van der Waals surface area contributed by atoms with Gasteiger partial charge in [0, 0.05) is 60.9 Å². The number of furan rings is 1. The number of rotatable bonds is 11. The van der Waals surface area contributed by atoms with Crippen LogP contribution in [-0.2, 0) is 36.7 Å². The molecular weight excluding hydrogens is 852 g/mol. The van der Waals surface area contributed by atoms with E-state index in [0.29, 0.717) is 22.6 Å². The van der Waals surface area contributed by atoms with Gasteiger partial charge in [0.1, 0.15) is 11.3 Å². The summed E-state index contributed by atoms with van der Waals surface area (Å²) in [5.41, 5.74) is 3.00. The van der Waals surface area contributed by atoms with Crippen LogP contribution in [0.15, 0.2) is 89.2 Å². The second-order valence-electron chi connectivity index (χ2n) is 15.3. The van der Waals surface area contributed by atoms with Gasteiger partial charge in [0.25, 0.3) is 0 Å². The van der Waals surface area contributed by atoms with Crippen molar-refractivity contribution in [3.05, 3.63) is 102 Å². The summed E-state index contributed by atoms with van der Waals surface area (Å²) in [6.45, 7) is 17.1. The maximum absolute atomic E-state index is 13.3. The van der Waals surface area contributed by atoms with Crippen LogP contribution >= 0.6 is 0 Å². The van der Waals surface area contributed by atoms with Crippen LogP contribution < -0.4 is 0 Å². The zero-order valence-electron chi connectivity index (χ0n) is 32.4. The maximum Gasteiger partial charge on any atom is 0.394 e. The number of aliphatic hydroxyl groups is 1. The molecule has 0 bridgehead atoms. The van der Waals surface area contributed by atoms with E-state index in [-0.39, 0.29) is 55.3 Å². The molecule has 0 saturated carbocycles. The van der Waals surface area contributed by atoms with Crippen molar-refractivity contribution >= 4 is 27.5 Å². The van der Waals surface area contributed by atoms with Gasteiger partial charge >= 0.3 is 6.18 Å². The second kappa shape index (κ2) is 18.1. The van der Waals surface area contributed by atoms with Gasteiger partial charge in [-0.25, -0.2) is 0 Å². The fourth-order valence-corrected chi connectivity index (χ4v) is 6.45. The average Bonchev–Trinajstić information content (AvgIpc) is 3.53. The van der Waals surface area contributed by atoms with E-state index in [9.17, 15) is 23.1 Å². The van der Waals surface area contributed by atoms with Crippen LogP contribution in [0.5, 0.6) is 0 Å². The fraction of sp³-hybridized carbons (Fsp3) is 0.422. The van der Waals surface area contributed by atoms with Gasteiger partial charge in [0.15, 0.2) is 5.78 Å². The van der Waals surface area contributed by atoms with E-state index in [1.54, 1.807) is 18.3 Å². The Morgan fingerprint density at radius 1 is 0.868 bits per heavy atom. The van der Waals surface area contributed by atoms with Crippen molar-refractivity contribution in [3.8, 4) is 22.6 Å². The van der Waals surface area contributed by atoms with Crippen LogP contribution in [0.3, 0.4) is 0 Å². The van der Waals surface area contributed by atoms with E-state index in [1.807, 2.05) is 64.1 Å². The van der Waals surface area contributed by atoms with Gasteiger partial charge < -0.3 is 9.52 Å². The number of halogens is 3. The van der Waals surface area contributed by atoms with E-state index >= 15 is 0 Å². The molecule has 0 aliphatic carbocycles. The number of pyridine rings is 1. The number of hydrogen-bond donors (Lipinski definition) is 1. The molecule has 5 rings (SSSR count). The summed E-state index contributed by atoms with van der Waals surface area (Å²) in [6, 6.07) is 24.8. The number of benzene rings is 3. The van der Waals surface area contributed by atoms with E-state index < -0.39 is 11.6 Å². The Labute approximate surface area is 326 Å². The fourth-order valence-electron chi connectivity index (χ4n) is 6.45. The Bertz CT molecular complexity index is 1990. The van der Waals surface area contributed by atoms with Gasteiger partial charge in [-0.1, -0.05) is 116 Å². The summed E-state index contributed by atoms with van der Waals surface area (Å²) in [4.78, 5) is 16.4. The molecule has 287 valence electrons. The minimum absolute atomic E-state index is 0. The normalized spacial score (nSPS) is 12.6. The van der Waals surface area contributed by atoms with Crippen molar-refractivity contribution in [2.45, 2.75) is 106 Å². The van der Waals surface area contributed by atoms with E-state index in [0.717, 1.165) is 47.6 Å². The predicted molar refractivity (Wildman–Crippen MR) is 207 cm³/mol. The van der Waals surface area contributed by atoms with Crippen molar-refractivity contribution in [1.82, 2.24) is 4.98 Å². The molecule has 53 heavy (non-hydrogen) atoms. The number of nitrogens with zero attached hydrogens (tertiary/aromatic N) is 1. The largest absolute Gasteiger partial charge is 0.512 e. The van der Waals surface area contributed by atoms with E-state index in [1.165, 1.54) is 30.9 Å². The third-order valence-electron chi connectivity index (χ3n) is 10.0. The molecule has 1 N–H and O–H groups in total. The molecule has 0 aliphatic heterocycles. The van der Waals surface area contributed by atoms with E-state index in [2.05, 4.69) is 50.0 Å². The van der Waals surface area contributed by atoms with Crippen molar-refractivity contribution < 1.29 is 47.6 Å². The Hall–Kier alpha value is -3.74. The van der Waals surface area contributed by atoms with Gasteiger partial charge in [-0.2, -0.15) is 13.2 Å². The standard InChI is InChI=1S/C32H29F3NO.C13H24O2.Ir/c1-30(2,3)26-17-24(16-22-8-6-7-9-25(22)26)28-29-23(14-15-36-28)18-27(37-29)21-12-10-20(11-13-21)19-31(4,5)32(33,34)35;1-5-10(6-2)12(14)9-13(15)11(7-3)8-4;/h6-15,17-18H,19H2,1-5H3;9-11,14H,5-8H2,1-4H3;/q-1;;/b;12-9-;. The molecule has 0 fully saturated rings. The van der Waals surface area contributed by atoms with Gasteiger partial charge in [-0.15, -0.1) is 29.1 Å². The van der Waals surface area contributed by atoms with Crippen LogP contribution in [-0.4, -0.2) is 22.1 Å². The van der Waals surface area contributed by atoms with Gasteiger partial charge in [-0.05, 0) is 55.2 Å². The predicted octanol–water partition coefficient (Wildman–Crippen LogP) is 13.4. The second-order valence-corrected chi connectivity index (χ2v) is 15.3. The number of carbonyl (C=O) groups excluding carboxylic acids is 1. The quantitative estimate of drug-likeness (QED) is 0.0815. The minimum atomic E-state index is -4.26. The molecule has 0 unspecified atom stereocenters. The number of alkyl halides is 3. The van der Waals surface area contributed by atoms with Gasteiger partial charge in [-0.3, -0.25) is 9.78 Å². The molecule has 3 aromatic carbocycles. The van der Waals surface area contributed by atoms with E-state index in [4.69, 9.17) is 4.42 Å². The molecule has 1 radical (unpaired) electrons. The Morgan fingerprint density at radius 2 is 1.47 bits per heavy atom. The average molecular weight is 905 g/mol. The first kappa shape index (κ1) is 43.7. The van der Waals surface area contributed by atoms with Crippen LogP contribution in [0.4, 0.5) is 13.2 Å². The van der Waals surface area contributed by atoms with Crippen LogP contribution in [0, 0.1) is 23.3 Å². The van der Waals surface area contributed by atoms with Crippen LogP contribution in [0.25, 0.3) is 44.3 Å². The Kier molecular flexibility index (Phi) is 14.9. The number of hydrogen-bond acceptors (Lipinski definition) is 4. The molecular formula is C45H53F3IrNO3-. The van der Waals surface area contributed by atoms with Crippen molar-refractivity contribution in [3.63, 3.8) is 0 Å². The summed E-state index contributed by atoms with van der Waals surface area (Å²) < 4.78 is 46.2. The summed E-state index contributed by atoms with van der Waals surface area (Å²) >= 11 is 0. The van der Waals surface area contributed by atoms with Gasteiger partial charge in [0.05, 0.1) is 11.2 Å². The molecule has 0 atom stereocenters. The molecule has 2 heterocycles. The van der Waals surface area contributed by atoms with Crippen molar-refractivity contribution in [2.24, 2.45) is 17.3 Å². The molecule has 0 aliphatic rings. The SMILES string of the molecule is CC(C)(C)c1cc(-c2nccc3cc(-c4ccc(CC(C)(C)C(F)(F)F)cc4)oc23)[c-]c2ccccc12.CCC(CC)C(=O)/C=C(\O)C(CC)CC.[Ir]. The number of ketones is 1. The Morgan fingerprint density at radius 3 is 2.04 bits per heavy atom. The monoisotopic (exact) mass is 905 g/mol. The number of allylic oxidation sites excluding steroid dienone is 2.